The summed E-state index contributed by atoms with van der Waals surface area (Å²) >= 11 is 0. The van der Waals surface area contributed by atoms with Gasteiger partial charge in [0.05, 0.1) is 5.92 Å². The van der Waals surface area contributed by atoms with E-state index in [1.54, 1.807) is 12.1 Å². The molecule has 0 aliphatic carbocycles. The fourth-order valence-corrected chi connectivity index (χ4v) is 1.28. The normalized spacial score (nSPS) is 12.5. The fraction of sp³-hybridized carbons (Fsp3) is 0.364. The van der Waals surface area contributed by atoms with Gasteiger partial charge in [0.1, 0.15) is 5.82 Å². The van der Waals surface area contributed by atoms with Crippen LogP contribution in [0.3, 0.4) is 0 Å². The summed E-state index contributed by atoms with van der Waals surface area (Å²) in [5.74, 6) is -2.24. The Morgan fingerprint density at radius 3 is 2.71 bits per heavy atom. The molecule has 2 nitrogen and oxygen atoms in total. The zero-order valence-electron chi connectivity index (χ0n) is 8.25. The Bertz CT molecular complexity index is 347. The number of benzene rings is 1. The van der Waals surface area contributed by atoms with E-state index in [0.717, 1.165) is 12.0 Å². The van der Waals surface area contributed by atoms with Crippen molar-refractivity contribution < 1.29 is 14.3 Å². The van der Waals surface area contributed by atoms with Gasteiger partial charge in [0, 0.05) is 5.56 Å². The van der Waals surface area contributed by atoms with Crippen LogP contribution in [-0.4, -0.2) is 11.1 Å². The Labute approximate surface area is 82.4 Å². The van der Waals surface area contributed by atoms with Crippen LogP contribution in [0.15, 0.2) is 18.2 Å². The second-order valence-corrected chi connectivity index (χ2v) is 3.27. The van der Waals surface area contributed by atoms with Gasteiger partial charge in [-0.25, -0.2) is 4.39 Å². The molecule has 0 spiro atoms. The summed E-state index contributed by atoms with van der Waals surface area (Å²) in [6.45, 7) is 3.43. The van der Waals surface area contributed by atoms with Gasteiger partial charge in [-0.05, 0) is 25.0 Å². The minimum absolute atomic E-state index is 0.261. The number of carboxylic acids is 1. The van der Waals surface area contributed by atoms with Gasteiger partial charge in [-0.3, -0.25) is 4.79 Å². The van der Waals surface area contributed by atoms with Crippen molar-refractivity contribution in [3.8, 4) is 0 Å². The first-order valence-electron chi connectivity index (χ1n) is 4.57. The van der Waals surface area contributed by atoms with Gasteiger partial charge in [-0.1, -0.05) is 19.1 Å². The first-order valence-corrected chi connectivity index (χ1v) is 4.57. The molecule has 0 aromatic heterocycles. The molecule has 0 fully saturated rings. The number of rotatable bonds is 3. The quantitative estimate of drug-likeness (QED) is 0.806. The highest BCUT2D eigenvalue weighted by Gasteiger charge is 2.17. The highest BCUT2D eigenvalue weighted by molar-refractivity contribution is 5.75. The van der Waals surface area contributed by atoms with Crippen molar-refractivity contribution in [2.45, 2.75) is 26.2 Å². The van der Waals surface area contributed by atoms with Gasteiger partial charge in [0.2, 0.25) is 0 Å². The molecule has 76 valence electrons. The third-order valence-corrected chi connectivity index (χ3v) is 2.31. The lowest BCUT2D eigenvalue weighted by Crippen LogP contribution is -2.09. The summed E-state index contributed by atoms with van der Waals surface area (Å²) < 4.78 is 13.3. The Morgan fingerprint density at radius 1 is 1.57 bits per heavy atom. The number of carboxylic acid groups (broad SMARTS) is 1. The molecule has 0 aliphatic heterocycles. The van der Waals surface area contributed by atoms with E-state index in [9.17, 15) is 9.18 Å². The third-order valence-electron chi connectivity index (χ3n) is 2.31. The lowest BCUT2D eigenvalue weighted by atomic mass is 9.98. The van der Waals surface area contributed by atoms with Crippen LogP contribution >= 0.6 is 0 Å². The summed E-state index contributed by atoms with van der Waals surface area (Å²) in [7, 11) is 0. The molecule has 0 radical (unpaired) electrons. The maximum atomic E-state index is 13.3. The Kier molecular flexibility index (Phi) is 3.23. The second kappa shape index (κ2) is 4.22. The number of hydrogen-bond acceptors (Lipinski definition) is 1. The molecule has 0 saturated heterocycles. The zero-order valence-corrected chi connectivity index (χ0v) is 8.25. The van der Waals surface area contributed by atoms with Crippen LogP contribution in [-0.2, 0) is 11.2 Å². The van der Waals surface area contributed by atoms with E-state index in [-0.39, 0.29) is 5.56 Å². The second-order valence-electron chi connectivity index (χ2n) is 3.27. The molecule has 1 unspecified atom stereocenters. The zero-order chi connectivity index (χ0) is 10.7. The van der Waals surface area contributed by atoms with E-state index in [1.165, 1.54) is 13.0 Å². The van der Waals surface area contributed by atoms with Crippen molar-refractivity contribution >= 4 is 5.97 Å². The van der Waals surface area contributed by atoms with E-state index in [2.05, 4.69) is 0 Å². The monoisotopic (exact) mass is 196 g/mol. The van der Waals surface area contributed by atoms with Gasteiger partial charge in [0.25, 0.3) is 0 Å². The summed E-state index contributed by atoms with van der Waals surface area (Å²) in [5.41, 5.74) is 1.21. The van der Waals surface area contributed by atoms with Crippen LogP contribution in [0.4, 0.5) is 4.39 Å². The molecule has 1 aromatic rings. The van der Waals surface area contributed by atoms with Gasteiger partial charge in [-0.15, -0.1) is 0 Å². The molecule has 14 heavy (non-hydrogen) atoms. The molecule has 0 bridgehead atoms. The number of aliphatic carboxylic acids is 1. The van der Waals surface area contributed by atoms with E-state index < -0.39 is 17.7 Å². The van der Waals surface area contributed by atoms with Crippen molar-refractivity contribution in [1.29, 1.82) is 0 Å². The standard InChI is InChI=1S/C11H13FO2/c1-3-8-4-5-10(12)9(6-8)7(2)11(13)14/h4-7H,3H2,1-2H3,(H,13,14). The molecule has 0 amide bonds. The van der Waals surface area contributed by atoms with Gasteiger partial charge in [-0.2, -0.15) is 0 Å². The SMILES string of the molecule is CCc1ccc(F)c(C(C)C(=O)O)c1. The molecule has 3 heteroatoms. The summed E-state index contributed by atoms with van der Waals surface area (Å²) in [6.07, 6.45) is 0.777. The van der Waals surface area contributed by atoms with Crippen molar-refractivity contribution in [1.82, 2.24) is 0 Å². The summed E-state index contributed by atoms with van der Waals surface area (Å²) in [6, 6.07) is 4.62. The fourth-order valence-electron chi connectivity index (χ4n) is 1.28. The maximum absolute atomic E-state index is 13.3. The highest BCUT2D eigenvalue weighted by Crippen LogP contribution is 2.20. The van der Waals surface area contributed by atoms with Gasteiger partial charge >= 0.3 is 5.97 Å². The molecule has 1 atom stereocenters. The largest absolute Gasteiger partial charge is 0.481 e. The molecule has 1 N–H and O–H groups in total. The van der Waals surface area contributed by atoms with Gasteiger partial charge < -0.3 is 5.11 Å². The van der Waals surface area contributed by atoms with Crippen LogP contribution in [0.1, 0.15) is 30.9 Å². The molecule has 0 aliphatic rings. The highest BCUT2D eigenvalue weighted by atomic mass is 19.1. The van der Waals surface area contributed by atoms with Crippen molar-refractivity contribution in [2.24, 2.45) is 0 Å². The maximum Gasteiger partial charge on any atom is 0.310 e. The molecule has 1 aromatic carbocycles. The van der Waals surface area contributed by atoms with Crippen molar-refractivity contribution in [3.05, 3.63) is 35.1 Å². The number of aryl methyl sites for hydroxylation is 1. The number of hydrogen-bond donors (Lipinski definition) is 1. The summed E-state index contributed by atoms with van der Waals surface area (Å²) in [5, 5.41) is 8.76. The van der Waals surface area contributed by atoms with E-state index in [4.69, 9.17) is 5.11 Å². The predicted molar refractivity (Wildman–Crippen MR) is 51.8 cm³/mol. The molecule has 0 heterocycles. The first kappa shape index (κ1) is 10.7. The Balaban J connectivity index is 3.11. The van der Waals surface area contributed by atoms with Gasteiger partial charge in [0.15, 0.2) is 0 Å². The van der Waals surface area contributed by atoms with Crippen LogP contribution in [0, 0.1) is 5.82 Å². The van der Waals surface area contributed by atoms with Crippen LogP contribution in [0.5, 0.6) is 0 Å². The molecule has 1 rings (SSSR count). The van der Waals surface area contributed by atoms with E-state index in [1.807, 2.05) is 6.92 Å². The smallest absolute Gasteiger partial charge is 0.310 e. The predicted octanol–water partition coefficient (Wildman–Crippen LogP) is 2.58. The molecule has 0 saturated carbocycles. The van der Waals surface area contributed by atoms with E-state index >= 15 is 0 Å². The molecular weight excluding hydrogens is 183 g/mol. The van der Waals surface area contributed by atoms with Crippen LogP contribution < -0.4 is 0 Å². The minimum atomic E-state index is -1.00. The first-order chi connectivity index (χ1) is 6.56. The lowest BCUT2D eigenvalue weighted by molar-refractivity contribution is -0.138. The van der Waals surface area contributed by atoms with Crippen LogP contribution in [0.2, 0.25) is 0 Å². The average molecular weight is 196 g/mol. The van der Waals surface area contributed by atoms with Crippen LogP contribution in [0.25, 0.3) is 0 Å². The van der Waals surface area contributed by atoms with Crippen molar-refractivity contribution in [3.63, 3.8) is 0 Å². The lowest BCUT2D eigenvalue weighted by Gasteiger charge is -2.09. The topological polar surface area (TPSA) is 37.3 Å². The van der Waals surface area contributed by atoms with E-state index in [0.29, 0.717) is 0 Å². The van der Waals surface area contributed by atoms with Crippen molar-refractivity contribution in [2.75, 3.05) is 0 Å². The summed E-state index contributed by atoms with van der Waals surface area (Å²) in [4.78, 5) is 10.7. The molecular formula is C11H13FO2. The average Bonchev–Trinajstić information content (AvgIpc) is 2.17. The number of halogens is 1. The number of carbonyl (C=O) groups is 1. The third kappa shape index (κ3) is 2.10. The Morgan fingerprint density at radius 2 is 2.21 bits per heavy atom. The minimum Gasteiger partial charge on any atom is -0.481 e. The Hall–Kier alpha value is -1.38.